The molecule has 0 atom stereocenters. The number of rotatable bonds is 10. The second kappa shape index (κ2) is 12.1. The monoisotopic (exact) mass is 449 g/mol. The van der Waals surface area contributed by atoms with Crippen LogP contribution in [0.4, 0.5) is 10.5 Å². The second-order valence-corrected chi connectivity index (χ2v) is 8.92. The third kappa shape index (κ3) is 7.24. The number of aryl methyl sites for hydroxylation is 1. The lowest BCUT2D eigenvalue weighted by Gasteiger charge is -2.28. The van der Waals surface area contributed by atoms with Crippen molar-refractivity contribution < 1.29 is 9.59 Å². The molecule has 0 radical (unpaired) electrons. The molecule has 0 unspecified atom stereocenters. The highest BCUT2D eigenvalue weighted by Gasteiger charge is 2.22. The number of hydrogen-bond acceptors (Lipinski definition) is 3. The average Bonchev–Trinajstić information content (AvgIpc) is 3.31. The first-order chi connectivity index (χ1) is 15.5. The molecule has 0 bridgehead atoms. The minimum atomic E-state index is -0.244. The van der Waals surface area contributed by atoms with Gasteiger partial charge < -0.3 is 15.1 Å². The van der Waals surface area contributed by atoms with Crippen LogP contribution in [0.15, 0.2) is 72.1 Å². The molecule has 0 aliphatic heterocycles. The summed E-state index contributed by atoms with van der Waals surface area (Å²) in [7, 11) is 0. The maximum absolute atomic E-state index is 13.4. The van der Waals surface area contributed by atoms with Gasteiger partial charge in [-0.2, -0.15) is 0 Å². The molecule has 1 heterocycles. The summed E-state index contributed by atoms with van der Waals surface area (Å²) in [5.41, 5.74) is 2.93. The fourth-order valence-corrected chi connectivity index (χ4v) is 4.05. The molecule has 3 amide bonds. The van der Waals surface area contributed by atoms with E-state index in [1.165, 1.54) is 0 Å². The van der Waals surface area contributed by atoms with Crippen LogP contribution in [-0.2, 0) is 17.9 Å². The number of nitrogens with one attached hydrogen (secondary N) is 1. The summed E-state index contributed by atoms with van der Waals surface area (Å²) in [6, 6.07) is 21.4. The smallest absolute Gasteiger partial charge is 0.322 e. The first-order valence-electron chi connectivity index (χ1n) is 11.0. The number of carbonyl (C=O) groups excluding carboxylic acids is 2. The number of anilines is 1. The minimum Gasteiger partial charge on any atom is -0.332 e. The van der Waals surface area contributed by atoms with Crippen molar-refractivity contribution >= 4 is 29.0 Å². The Labute approximate surface area is 194 Å². The van der Waals surface area contributed by atoms with Gasteiger partial charge in [0.25, 0.3) is 0 Å². The zero-order chi connectivity index (χ0) is 22.8. The highest BCUT2D eigenvalue weighted by molar-refractivity contribution is 7.09. The molecule has 0 fully saturated rings. The lowest BCUT2D eigenvalue weighted by atomic mass is 10.2. The van der Waals surface area contributed by atoms with Crippen LogP contribution in [0.1, 0.15) is 35.8 Å². The van der Waals surface area contributed by atoms with E-state index in [4.69, 9.17) is 0 Å². The van der Waals surface area contributed by atoms with Crippen molar-refractivity contribution in [3.8, 4) is 0 Å². The largest absolute Gasteiger partial charge is 0.332 e. The molecule has 3 rings (SSSR count). The molecule has 1 aromatic heterocycles. The van der Waals surface area contributed by atoms with E-state index in [9.17, 15) is 9.59 Å². The molecular formula is C26H31N3O2S. The molecule has 0 aliphatic carbocycles. The third-order valence-corrected chi connectivity index (χ3v) is 6.05. The van der Waals surface area contributed by atoms with Crippen LogP contribution in [0.2, 0.25) is 0 Å². The number of carbonyl (C=O) groups is 2. The molecule has 168 valence electrons. The Morgan fingerprint density at radius 3 is 2.31 bits per heavy atom. The van der Waals surface area contributed by atoms with Gasteiger partial charge in [-0.1, -0.05) is 67.4 Å². The number of amides is 3. The maximum atomic E-state index is 13.4. The Hall–Kier alpha value is -3.12. The maximum Gasteiger partial charge on any atom is 0.322 e. The summed E-state index contributed by atoms with van der Waals surface area (Å²) in [5, 5.41) is 4.95. The van der Waals surface area contributed by atoms with Crippen LogP contribution in [0, 0.1) is 6.92 Å². The van der Waals surface area contributed by atoms with Crippen LogP contribution < -0.4 is 5.32 Å². The van der Waals surface area contributed by atoms with Crippen molar-refractivity contribution in [2.24, 2.45) is 0 Å². The van der Waals surface area contributed by atoms with E-state index in [1.807, 2.05) is 83.9 Å². The van der Waals surface area contributed by atoms with Gasteiger partial charge in [-0.25, -0.2) is 4.79 Å². The second-order valence-electron chi connectivity index (χ2n) is 7.89. The van der Waals surface area contributed by atoms with E-state index in [0.717, 1.165) is 34.5 Å². The van der Waals surface area contributed by atoms with Crippen molar-refractivity contribution in [2.45, 2.75) is 39.8 Å². The van der Waals surface area contributed by atoms with Crippen LogP contribution >= 0.6 is 11.3 Å². The molecule has 6 heteroatoms. The number of unbranched alkanes of at least 4 members (excludes halogenated alkanes) is 1. The number of urea groups is 1. The van der Waals surface area contributed by atoms with Gasteiger partial charge in [-0.05, 0) is 42.5 Å². The van der Waals surface area contributed by atoms with Crippen LogP contribution in [0.25, 0.3) is 0 Å². The fraction of sp³-hybridized carbons (Fsp3) is 0.308. The van der Waals surface area contributed by atoms with E-state index in [0.29, 0.717) is 19.6 Å². The Balaban J connectivity index is 1.72. The number of nitrogens with zero attached hydrogens (tertiary/aromatic N) is 2. The molecular weight excluding hydrogens is 418 g/mol. The van der Waals surface area contributed by atoms with Gasteiger partial charge in [0.1, 0.15) is 6.54 Å². The predicted molar refractivity (Wildman–Crippen MR) is 132 cm³/mol. The quantitative estimate of drug-likeness (QED) is 0.418. The Morgan fingerprint density at radius 1 is 0.906 bits per heavy atom. The van der Waals surface area contributed by atoms with Gasteiger partial charge in [0.15, 0.2) is 0 Å². The molecule has 0 saturated heterocycles. The van der Waals surface area contributed by atoms with E-state index in [2.05, 4.69) is 12.2 Å². The number of hydrogen-bond donors (Lipinski definition) is 1. The lowest BCUT2D eigenvalue weighted by Crippen LogP contribution is -2.44. The van der Waals surface area contributed by atoms with Crippen LogP contribution in [0.3, 0.4) is 0 Å². The average molecular weight is 450 g/mol. The predicted octanol–water partition coefficient (Wildman–Crippen LogP) is 5.92. The SMILES string of the molecule is CCCCN(CC(=O)N(Cc1ccccc1)Cc1cccs1)C(=O)Nc1ccc(C)cc1. The Kier molecular flexibility index (Phi) is 8.87. The van der Waals surface area contributed by atoms with E-state index < -0.39 is 0 Å². The first kappa shape index (κ1) is 23.5. The standard InChI is InChI=1S/C26H31N3O2S/c1-3-4-16-28(26(31)27-23-14-12-21(2)13-15-23)20-25(30)29(19-24-11-8-17-32-24)18-22-9-6-5-7-10-22/h5-15,17H,3-4,16,18-20H2,1-2H3,(H,27,31). The Bertz CT molecular complexity index is 972. The summed E-state index contributed by atoms with van der Waals surface area (Å²) in [6.45, 7) is 5.72. The zero-order valence-corrected chi connectivity index (χ0v) is 19.6. The molecule has 32 heavy (non-hydrogen) atoms. The van der Waals surface area contributed by atoms with Gasteiger partial charge in [0.05, 0.1) is 6.54 Å². The van der Waals surface area contributed by atoms with Gasteiger partial charge in [-0.15, -0.1) is 11.3 Å². The molecule has 3 aromatic rings. The van der Waals surface area contributed by atoms with Gasteiger partial charge >= 0.3 is 6.03 Å². The van der Waals surface area contributed by atoms with Crippen molar-refractivity contribution in [2.75, 3.05) is 18.4 Å². The van der Waals surface area contributed by atoms with Crippen molar-refractivity contribution in [1.29, 1.82) is 0 Å². The van der Waals surface area contributed by atoms with E-state index >= 15 is 0 Å². The van der Waals surface area contributed by atoms with Gasteiger partial charge in [0.2, 0.25) is 5.91 Å². The third-order valence-electron chi connectivity index (χ3n) is 5.19. The topological polar surface area (TPSA) is 52.7 Å². The highest BCUT2D eigenvalue weighted by Crippen LogP contribution is 2.16. The van der Waals surface area contributed by atoms with E-state index in [-0.39, 0.29) is 18.5 Å². The number of thiophene rings is 1. The molecule has 1 N–H and O–H groups in total. The van der Waals surface area contributed by atoms with Gasteiger partial charge in [-0.3, -0.25) is 4.79 Å². The molecule has 2 aromatic carbocycles. The summed E-state index contributed by atoms with van der Waals surface area (Å²) in [4.78, 5) is 30.9. The summed E-state index contributed by atoms with van der Waals surface area (Å²) < 4.78 is 0. The minimum absolute atomic E-state index is 0.0515. The Morgan fingerprint density at radius 2 is 1.66 bits per heavy atom. The van der Waals surface area contributed by atoms with Crippen LogP contribution in [-0.4, -0.2) is 34.8 Å². The van der Waals surface area contributed by atoms with Crippen LogP contribution in [0.5, 0.6) is 0 Å². The summed E-state index contributed by atoms with van der Waals surface area (Å²) in [5.74, 6) is -0.0580. The molecule has 0 spiro atoms. The van der Waals surface area contributed by atoms with Crippen molar-refractivity contribution in [3.63, 3.8) is 0 Å². The first-order valence-corrected chi connectivity index (χ1v) is 11.9. The fourth-order valence-electron chi connectivity index (χ4n) is 3.33. The highest BCUT2D eigenvalue weighted by atomic mass is 32.1. The number of benzene rings is 2. The normalized spacial score (nSPS) is 10.6. The van der Waals surface area contributed by atoms with Crippen molar-refractivity contribution in [3.05, 3.63) is 88.1 Å². The molecule has 0 saturated carbocycles. The summed E-state index contributed by atoms with van der Waals surface area (Å²) >= 11 is 1.63. The van der Waals surface area contributed by atoms with Crippen molar-refractivity contribution in [1.82, 2.24) is 9.80 Å². The molecule has 5 nitrogen and oxygen atoms in total. The van der Waals surface area contributed by atoms with E-state index in [1.54, 1.807) is 16.2 Å². The van der Waals surface area contributed by atoms with Gasteiger partial charge in [0, 0.05) is 23.7 Å². The summed E-state index contributed by atoms with van der Waals surface area (Å²) in [6.07, 6.45) is 1.80. The molecule has 0 aliphatic rings. The lowest BCUT2D eigenvalue weighted by molar-refractivity contribution is -0.133. The zero-order valence-electron chi connectivity index (χ0n) is 18.8.